The van der Waals surface area contributed by atoms with Crippen LogP contribution in [0, 0.1) is 65.6 Å². The van der Waals surface area contributed by atoms with E-state index in [2.05, 4.69) is 60.2 Å². The minimum absolute atomic E-state index is 0.0146. The lowest BCUT2D eigenvalue weighted by Crippen LogP contribution is -2.62. The van der Waals surface area contributed by atoms with Gasteiger partial charge >= 0.3 is 27.4 Å². The second-order valence-electron chi connectivity index (χ2n) is 12.7. The lowest BCUT2D eigenvalue weighted by Gasteiger charge is -2.43. The topological polar surface area (TPSA) is 247 Å². The molecule has 0 spiro atoms. The van der Waals surface area contributed by atoms with Crippen molar-refractivity contribution in [3.63, 3.8) is 0 Å². The third-order valence-corrected chi connectivity index (χ3v) is 10.1. The number of carbonyl (C=O) groups excluding carboxylic acids is 2. The van der Waals surface area contributed by atoms with Crippen molar-refractivity contribution in [2.75, 3.05) is 19.4 Å². The number of hydrogen-bond donors (Lipinski definition) is 7. The third kappa shape index (κ3) is 22.3. The van der Waals surface area contributed by atoms with E-state index in [-0.39, 0.29) is 6.42 Å². The number of terminal acetylenes is 1. The summed E-state index contributed by atoms with van der Waals surface area (Å²) in [4.78, 5) is 53.8. The van der Waals surface area contributed by atoms with E-state index < -0.39 is 89.3 Å². The standard InChI is InChI=1S/C37H52O15P2/c1-3-5-7-9-11-13-14-15-16-17-19-21-23-25-32(39)51-29(26-49-31(38)24-22-20-18-12-10-8-6-4-2)27-50-54(47,48)52-37-34(41)30(28-53(44,45)46)33(40)35(42)36(37)43/h2,29-30,33-37,40-43H,3,5,7,9,11,13-17,19,21,23,25-28H2,1H3,(H,47,48)(H2,44,45,46)/t29-,30-,33+,34?,35?,36+,37?/m1/s1. The van der Waals surface area contributed by atoms with Crippen LogP contribution in [-0.2, 0) is 37.2 Å². The van der Waals surface area contributed by atoms with Crippen LogP contribution in [0.15, 0.2) is 0 Å². The van der Waals surface area contributed by atoms with Crippen LogP contribution in [0.5, 0.6) is 0 Å². The van der Waals surface area contributed by atoms with Gasteiger partial charge in [-0.1, -0.05) is 84.0 Å². The Kier molecular flexibility index (Phi) is 24.8. The molecule has 0 aromatic heterocycles. The maximum Gasteiger partial charge on any atom is 0.472 e. The molecule has 0 heterocycles. The summed E-state index contributed by atoms with van der Waals surface area (Å²) in [5.74, 6) is 16.5. The first kappa shape index (κ1) is 48.9. The van der Waals surface area contributed by atoms with E-state index in [9.17, 15) is 53.8 Å². The molecule has 300 valence electrons. The van der Waals surface area contributed by atoms with Crippen LogP contribution in [0.1, 0.15) is 96.8 Å². The van der Waals surface area contributed by atoms with Crippen LogP contribution in [0.4, 0.5) is 0 Å². The molecule has 0 aliphatic heterocycles. The van der Waals surface area contributed by atoms with E-state index in [4.69, 9.17) is 24.9 Å². The van der Waals surface area contributed by atoms with Crippen LogP contribution >= 0.6 is 15.4 Å². The summed E-state index contributed by atoms with van der Waals surface area (Å²) in [6.45, 7) is 0.586. The third-order valence-electron chi connectivity index (χ3n) is 8.17. The van der Waals surface area contributed by atoms with E-state index in [0.29, 0.717) is 6.42 Å². The lowest BCUT2D eigenvalue weighted by atomic mass is 9.79. The Labute approximate surface area is 317 Å². The van der Waals surface area contributed by atoms with Crippen molar-refractivity contribution in [1.82, 2.24) is 0 Å². The predicted molar refractivity (Wildman–Crippen MR) is 196 cm³/mol. The highest BCUT2D eigenvalue weighted by atomic mass is 31.2. The molecular weight excluding hydrogens is 746 g/mol. The Morgan fingerprint density at radius 1 is 0.685 bits per heavy atom. The average Bonchev–Trinajstić information content (AvgIpc) is 3.11. The Bertz CT molecular complexity index is 1560. The normalized spacial score (nSPS) is 22.1. The molecular formula is C37H52O15P2. The van der Waals surface area contributed by atoms with Gasteiger partial charge in [-0.2, -0.15) is 0 Å². The molecule has 0 saturated heterocycles. The number of aliphatic hydroxyl groups excluding tert-OH is 4. The second-order valence-corrected chi connectivity index (χ2v) is 15.8. The highest BCUT2D eigenvalue weighted by Gasteiger charge is 2.53. The molecule has 0 radical (unpaired) electrons. The number of carbonyl (C=O) groups is 2. The maximum absolute atomic E-state index is 12.9. The van der Waals surface area contributed by atoms with Gasteiger partial charge in [-0.25, -0.2) is 9.36 Å². The Hall–Kier alpha value is -3.16. The number of unbranched alkanes of at least 4 members (excludes halogenated alkanes) is 12. The molecule has 0 aromatic rings. The molecule has 1 saturated carbocycles. The Balaban J connectivity index is 2.79. The van der Waals surface area contributed by atoms with Gasteiger partial charge in [0.2, 0.25) is 0 Å². The molecule has 15 nitrogen and oxygen atoms in total. The zero-order valence-electron chi connectivity index (χ0n) is 30.4. The van der Waals surface area contributed by atoms with Gasteiger partial charge in [0.15, 0.2) is 6.10 Å². The van der Waals surface area contributed by atoms with Gasteiger partial charge in [-0.05, 0) is 53.8 Å². The SMILES string of the molecule is C#CC#CC#CC#CC#CC(=O)OC[C@H](COP(=O)(O)OC1C(O)[C@H](CP(=O)(O)O)[C@H](O)C(O)[C@@H]1O)OC(=O)CCCCCCCCCCCCCCC. The minimum Gasteiger partial charge on any atom is -0.456 e. The van der Waals surface area contributed by atoms with Crippen LogP contribution < -0.4 is 0 Å². The van der Waals surface area contributed by atoms with Crippen molar-refractivity contribution in [1.29, 1.82) is 0 Å². The lowest BCUT2D eigenvalue weighted by molar-refractivity contribution is -0.197. The highest BCUT2D eigenvalue weighted by Crippen LogP contribution is 2.49. The average molecular weight is 799 g/mol. The molecule has 4 unspecified atom stereocenters. The fourth-order valence-electron chi connectivity index (χ4n) is 5.40. The van der Waals surface area contributed by atoms with Crippen molar-refractivity contribution in [2.24, 2.45) is 5.92 Å². The molecule has 1 aliphatic carbocycles. The monoisotopic (exact) mass is 798 g/mol. The predicted octanol–water partition coefficient (Wildman–Crippen LogP) is 2.32. The van der Waals surface area contributed by atoms with Gasteiger partial charge in [-0.3, -0.25) is 18.4 Å². The zero-order chi connectivity index (χ0) is 40.4. The summed E-state index contributed by atoms with van der Waals surface area (Å²) in [5.41, 5.74) is 0. The summed E-state index contributed by atoms with van der Waals surface area (Å²) >= 11 is 0. The quantitative estimate of drug-likeness (QED) is 0.0244. The molecule has 54 heavy (non-hydrogen) atoms. The molecule has 8 atom stereocenters. The number of esters is 2. The largest absolute Gasteiger partial charge is 0.472 e. The van der Waals surface area contributed by atoms with Crippen molar-refractivity contribution in [2.45, 2.75) is 133 Å². The number of phosphoric ester groups is 1. The molecule has 1 aliphatic rings. The van der Waals surface area contributed by atoms with Gasteiger partial charge in [0.25, 0.3) is 0 Å². The first-order chi connectivity index (χ1) is 25.6. The number of ether oxygens (including phenoxy) is 2. The van der Waals surface area contributed by atoms with Crippen molar-refractivity contribution in [3.05, 3.63) is 0 Å². The highest BCUT2D eigenvalue weighted by molar-refractivity contribution is 7.51. The summed E-state index contributed by atoms with van der Waals surface area (Å²) in [6, 6.07) is 0. The first-order valence-electron chi connectivity index (χ1n) is 17.9. The van der Waals surface area contributed by atoms with Gasteiger partial charge in [-0.15, -0.1) is 6.42 Å². The first-order valence-corrected chi connectivity index (χ1v) is 21.2. The molecule has 0 amide bonds. The molecule has 0 aromatic carbocycles. The van der Waals surface area contributed by atoms with Gasteiger partial charge in [0.1, 0.15) is 24.9 Å². The smallest absolute Gasteiger partial charge is 0.456 e. The Morgan fingerprint density at radius 2 is 1.20 bits per heavy atom. The summed E-state index contributed by atoms with van der Waals surface area (Å²) in [6.07, 6.45) is 5.96. The van der Waals surface area contributed by atoms with E-state index in [0.717, 1.165) is 32.1 Å². The zero-order valence-corrected chi connectivity index (χ0v) is 32.2. The Morgan fingerprint density at radius 3 is 1.74 bits per heavy atom. The maximum atomic E-state index is 12.9. The summed E-state index contributed by atoms with van der Waals surface area (Å²) in [5, 5.41) is 41.2. The van der Waals surface area contributed by atoms with Gasteiger partial charge < -0.3 is 44.6 Å². The van der Waals surface area contributed by atoms with Crippen LogP contribution in [0.25, 0.3) is 0 Å². The summed E-state index contributed by atoms with van der Waals surface area (Å²) in [7, 11) is -10.2. The number of rotatable bonds is 24. The van der Waals surface area contributed by atoms with Crippen LogP contribution in [0.2, 0.25) is 0 Å². The molecule has 0 bridgehead atoms. The molecule has 17 heteroatoms. The van der Waals surface area contributed by atoms with Gasteiger partial charge in [0.05, 0.1) is 25.0 Å². The van der Waals surface area contributed by atoms with E-state index in [1.54, 1.807) is 0 Å². The molecule has 1 rings (SSSR count). The van der Waals surface area contributed by atoms with E-state index >= 15 is 0 Å². The number of hydrogen-bond acceptors (Lipinski definition) is 12. The molecule has 1 fully saturated rings. The minimum atomic E-state index is -5.31. The van der Waals surface area contributed by atoms with Crippen LogP contribution in [0.3, 0.4) is 0 Å². The molecule has 7 N–H and O–H groups in total. The second kappa shape index (κ2) is 27.4. The van der Waals surface area contributed by atoms with E-state index in [1.807, 2.05) is 0 Å². The summed E-state index contributed by atoms with van der Waals surface area (Å²) < 4.78 is 44.4. The number of aliphatic hydroxyl groups is 4. The van der Waals surface area contributed by atoms with E-state index in [1.165, 1.54) is 44.9 Å². The fraction of sp³-hybridized carbons (Fsp3) is 0.676. The van der Waals surface area contributed by atoms with Gasteiger partial charge in [0, 0.05) is 18.3 Å². The van der Waals surface area contributed by atoms with Crippen LogP contribution in [-0.4, -0.2) is 103 Å². The van der Waals surface area contributed by atoms with Crippen molar-refractivity contribution < 1.29 is 72.3 Å². The van der Waals surface area contributed by atoms with Crippen molar-refractivity contribution in [3.8, 4) is 59.7 Å². The van der Waals surface area contributed by atoms with Crippen molar-refractivity contribution >= 4 is 27.4 Å². The fourth-order valence-corrected chi connectivity index (χ4v) is 7.36. The number of phosphoric acid groups is 1.